The maximum absolute atomic E-state index is 11.1. The Balaban J connectivity index is 2.06. The third kappa shape index (κ3) is 2.81. The molecule has 94 valence electrons. The molecule has 1 aromatic rings. The summed E-state index contributed by atoms with van der Waals surface area (Å²) in [6.07, 6.45) is 1.73. The van der Waals surface area contributed by atoms with Crippen LogP contribution in [-0.2, 0) is 11.3 Å². The van der Waals surface area contributed by atoms with Crippen molar-refractivity contribution in [2.75, 3.05) is 6.54 Å². The van der Waals surface area contributed by atoms with Crippen molar-refractivity contribution in [2.24, 2.45) is 5.92 Å². The molecule has 0 spiro atoms. The number of hydrogen-bond donors (Lipinski definition) is 1. The van der Waals surface area contributed by atoms with E-state index in [1.54, 1.807) is 11.3 Å². The molecular weight excluding hydrogens is 258 g/mol. The van der Waals surface area contributed by atoms with Gasteiger partial charge in [0.15, 0.2) is 0 Å². The van der Waals surface area contributed by atoms with E-state index in [2.05, 4.69) is 4.90 Å². The molecule has 5 heteroatoms. The Morgan fingerprint density at radius 3 is 3.06 bits per heavy atom. The van der Waals surface area contributed by atoms with E-state index in [-0.39, 0.29) is 12.0 Å². The van der Waals surface area contributed by atoms with E-state index in [0.29, 0.717) is 0 Å². The standard InChI is InChI=1S/C12H16ClNO2S/c1-8-9(12(15)16)3-2-5-14(8)7-11-10(13)4-6-17-11/h4,6,8-9H,2-3,5,7H2,1H3,(H,15,16)/t8-,9-/m1/s1. The van der Waals surface area contributed by atoms with Crippen LogP contribution in [0, 0.1) is 5.92 Å². The van der Waals surface area contributed by atoms with Gasteiger partial charge in [0.05, 0.1) is 10.9 Å². The van der Waals surface area contributed by atoms with Gasteiger partial charge in [-0.25, -0.2) is 0 Å². The molecule has 2 rings (SSSR count). The molecular formula is C12H16ClNO2S. The number of carbonyl (C=O) groups is 1. The first-order valence-electron chi connectivity index (χ1n) is 5.78. The van der Waals surface area contributed by atoms with Crippen molar-refractivity contribution in [3.05, 3.63) is 21.3 Å². The lowest BCUT2D eigenvalue weighted by molar-refractivity contribution is -0.145. The molecule has 0 amide bonds. The minimum absolute atomic E-state index is 0.0828. The topological polar surface area (TPSA) is 40.5 Å². The molecule has 0 unspecified atom stereocenters. The molecule has 1 N–H and O–H groups in total. The lowest BCUT2D eigenvalue weighted by atomic mass is 9.90. The number of piperidine rings is 1. The summed E-state index contributed by atoms with van der Waals surface area (Å²) in [5.74, 6) is -0.929. The maximum atomic E-state index is 11.1. The third-order valence-electron chi connectivity index (χ3n) is 3.47. The monoisotopic (exact) mass is 273 g/mol. The van der Waals surface area contributed by atoms with E-state index in [4.69, 9.17) is 16.7 Å². The summed E-state index contributed by atoms with van der Waals surface area (Å²) in [6.45, 7) is 3.72. The summed E-state index contributed by atoms with van der Waals surface area (Å²) in [5, 5.41) is 11.9. The maximum Gasteiger partial charge on any atom is 0.308 e. The quantitative estimate of drug-likeness (QED) is 0.920. The number of likely N-dealkylation sites (tertiary alicyclic amines) is 1. The van der Waals surface area contributed by atoms with E-state index < -0.39 is 5.97 Å². The molecule has 1 aliphatic rings. The Morgan fingerprint density at radius 2 is 2.47 bits per heavy atom. The van der Waals surface area contributed by atoms with Crippen LogP contribution in [0.15, 0.2) is 11.4 Å². The third-order valence-corrected chi connectivity index (χ3v) is 4.85. The van der Waals surface area contributed by atoms with E-state index in [1.165, 1.54) is 0 Å². The Morgan fingerprint density at radius 1 is 1.71 bits per heavy atom. The molecule has 0 aromatic carbocycles. The molecule has 1 fully saturated rings. The van der Waals surface area contributed by atoms with Gasteiger partial charge in [0.2, 0.25) is 0 Å². The molecule has 1 saturated heterocycles. The molecule has 0 aliphatic carbocycles. The lowest BCUT2D eigenvalue weighted by Crippen LogP contribution is -2.45. The van der Waals surface area contributed by atoms with E-state index in [9.17, 15) is 4.79 Å². The van der Waals surface area contributed by atoms with Crippen molar-refractivity contribution in [2.45, 2.75) is 32.4 Å². The number of carboxylic acids is 1. The Kier molecular flexibility index (Phi) is 4.07. The van der Waals surface area contributed by atoms with Gasteiger partial charge >= 0.3 is 5.97 Å². The average molecular weight is 274 g/mol. The highest BCUT2D eigenvalue weighted by Crippen LogP contribution is 2.29. The van der Waals surface area contributed by atoms with Crippen LogP contribution in [0.25, 0.3) is 0 Å². The number of thiophene rings is 1. The molecule has 2 atom stereocenters. The molecule has 1 aliphatic heterocycles. The second-order valence-corrected chi connectivity index (χ2v) is 5.90. The van der Waals surface area contributed by atoms with Gasteiger partial charge < -0.3 is 5.11 Å². The summed E-state index contributed by atoms with van der Waals surface area (Å²) in [4.78, 5) is 14.5. The van der Waals surface area contributed by atoms with Gasteiger partial charge in [-0.05, 0) is 37.8 Å². The molecule has 0 bridgehead atoms. The smallest absolute Gasteiger partial charge is 0.308 e. The van der Waals surface area contributed by atoms with Crippen molar-refractivity contribution < 1.29 is 9.90 Å². The SMILES string of the molecule is C[C@@H]1[C@H](C(=O)O)CCCN1Cc1sccc1Cl. The largest absolute Gasteiger partial charge is 0.481 e. The molecule has 0 radical (unpaired) electrons. The van der Waals surface area contributed by atoms with Crippen molar-refractivity contribution in [1.82, 2.24) is 4.90 Å². The van der Waals surface area contributed by atoms with Crippen molar-refractivity contribution >= 4 is 28.9 Å². The van der Waals surface area contributed by atoms with Crippen LogP contribution in [0.3, 0.4) is 0 Å². The second kappa shape index (κ2) is 5.38. The van der Waals surface area contributed by atoms with Crippen LogP contribution in [0.4, 0.5) is 0 Å². The van der Waals surface area contributed by atoms with E-state index >= 15 is 0 Å². The van der Waals surface area contributed by atoms with Crippen LogP contribution in [-0.4, -0.2) is 28.6 Å². The summed E-state index contributed by atoms with van der Waals surface area (Å²) in [7, 11) is 0. The number of aliphatic carboxylic acids is 1. The molecule has 2 heterocycles. The van der Waals surface area contributed by atoms with Crippen molar-refractivity contribution in [1.29, 1.82) is 0 Å². The van der Waals surface area contributed by atoms with Gasteiger partial charge in [-0.1, -0.05) is 11.6 Å². The number of rotatable bonds is 3. The van der Waals surface area contributed by atoms with E-state index in [0.717, 1.165) is 35.8 Å². The van der Waals surface area contributed by atoms with Gasteiger partial charge in [0, 0.05) is 17.5 Å². The zero-order valence-electron chi connectivity index (χ0n) is 9.73. The summed E-state index contributed by atoms with van der Waals surface area (Å²) in [5.41, 5.74) is 0. The second-order valence-electron chi connectivity index (χ2n) is 4.49. The number of nitrogens with zero attached hydrogens (tertiary/aromatic N) is 1. The van der Waals surface area contributed by atoms with Crippen LogP contribution in [0.2, 0.25) is 5.02 Å². The van der Waals surface area contributed by atoms with E-state index in [1.807, 2.05) is 18.4 Å². The van der Waals surface area contributed by atoms with Crippen LogP contribution >= 0.6 is 22.9 Å². The van der Waals surface area contributed by atoms with Gasteiger partial charge in [-0.15, -0.1) is 11.3 Å². The summed E-state index contributed by atoms with van der Waals surface area (Å²) < 4.78 is 0. The first kappa shape index (κ1) is 12.9. The lowest BCUT2D eigenvalue weighted by Gasteiger charge is -2.37. The fraction of sp³-hybridized carbons (Fsp3) is 0.583. The Bertz CT molecular complexity index is 407. The fourth-order valence-electron chi connectivity index (χ4n) is 2.39. The first-order valence-corrected chi connectivity index (χ1v) is 7.04. The molecule has 3 nitrogen and oxygen atoms in total. The van der Waals surface area contributed by atoms with Crippen molar-refractivity contribution in [3.8, 4) is 0 Å². The number of halogens is 1. The predicted molar refractivity (Wildman–Crippen MR) is 69.6 cm³/mol. The zero-order chi connectivity index (χ0) is 12.4. The van der Waals surface area contributed by atoms with Gasteiger partial charge in [0.1, 0.15) is 0 Å². The fourth-order valence-corrected chi connectivity index (χ4v) is 3.51. The Labute approximate surface area is 110 Å². The zero-order valence-corrected chi connectivity index (χ0v) is 11.3. The van der Waals surface area contributed by atoms with Crippen LogP contribution < -0.4 is 0 Å². The van der Waals surface area contributed by atoms with Gasteiger partial charge in [-0.2, -0.15) is 0 Å². The minimum Gasteiger partial charge on any atom is -0.481 e. The average Bonchev–Trinajstić information content (AvgIpc) is 2.67. The normalized spacial score (nSPS) is 26.0. The summed E-state index contributed by atoms with van der Waals surface area (Å²) >= 11 is 7.71. The predicted octanol–water partition coefficient (Wildman–Crippen LogP) is 3.09. The highest BCUT2D eigenvalue weighted by atomic mass is 35.5. The molecule has 17 heavy (non-hydrogen) atoms. The highest BCUT2D eigenvalue weighted by molar-refractivity contribution is 7.10. The van der Waals surface area contributed by atoms with Gasteiger partial charge in [0.25, 0.3) is 0 Å². The van der Waals surface area contributed by atoms with Crippen LogP contribution in [0.5, 0.6) is 0 Å². The van der Waals surface area contributed by atoms with Crippen LogP contribution in [0.1, 0.15) is 24.6 Å². The van der Waals surface area contributed by atoms with Gasteiger partial charge in [-0.3, -0.25) is 9.69 Å². The molecule has 0 saturated carbocycles. The minimum atomic E-state index is -0.681. The van der Waals surface area contributed by atoms with Crippen molar-refractivity contribution in [3.63, 3.8) is 0 Å². The number of carboxylic acid groups (broad SMARTS) is 1. The first-order chi connectivity index (χ1) is 8.09. The summed E-state index contributed by atoms with van der Waals surface area (Å²) in [6, 6.07) is 1.98. The molecule has 1 aromatic heterocycles. The number of hydrogen-bond acceptors (Lipinski definition) is 3. The highest BCUT2D eigenvalue weighted by Gasteiger charge is 2.32. The Hall–Kier alpha value is -0.580.